The molecule has 2 aliphatic rings. The monoisotopic (exact) mass is 551 g/mol. The minimum absolute atomic E-state index is 0.505. The standard InChI is InChI=1S/C24H20B.C15H22NO/c1-5-13-21(14-6-1)25(22-15-7-2-8-16-22,23-17-9-3-10-18-23)24-19-11-4-12-20-24;1-3-17-15-9-14-10-16(14,11-15)12(2)13-7-5-4-6-8-13/h1-20H;4-8,12,14-15H,3,9-11H2,1-2H3/q-1;+1/t;12-,14-,15-,16-/m.1/s1. The predicted octanol–water partition coefficient (Wildman–Crippen LogP) is 5.82. The molecule has 2 aliphatic heterocycles. The van der Waals surface area contributed by atoms with Gasteiger partial charge in [-0.05, 0) is 13.8 Å². The van der Waals surface area contributed by atoms with E-state index < -0.39 is 6.15 Å². The van der Waals surface area contributed by atoms with Crippen molar-refractivity contribution in [1.82, 2.24) is 0 Å². The largest absolute Gasteiger partial charge is 0.372 e. The van der Waals surface area contributed by atoms with Gasteiger partial charge in [0.2, 0.25) is 0 Å². The molecule has 0 radical (unpaired) electrons. The van der Waals surface area contributed by atoms with Gasteiger partial charge < -0.3 is 9.22 Å². The molecule has 5 aromatic carbocycles. The molecule has 42 heavy (non-hydrogen) atoms. The summed E-state index contributed by atoms with van der Waals surface area (Å²) >= 11 is 0. The molecule has 4 atom stereocenters. The Hall–Kier alpha value is -3.92. The quantitative estimate of drug-likeness (QED) is 0.134. The van der Waals surface area contributed by atoms with Gasteiger partial charge in [0.05, 0.1) is 0 Å². The third-order valence-corrected chi connectivity index (χ3v) is 9.88. The minimum atomic E-state index is -1.22. The molecule has 212 valence electrons. The summed E-state index contributed by atoms with van der Waals surface area (Å²) in [6, 6.07) is 56.0. The van der Waals surface area contributed by atoms with Crippen molar-refractivity contribution in [3.63, 3.8) is 0 Å². The van der Waals surface area contributed by atoms with E-state index in [0.29, 0.717) is 12.1 Å². The van der Waals surface area contributed by atoms with Crippen LogP contribution in [0.15, 0.2) is 152 Å². The number of hydrogen-bond acceptors (Lipinski definition) is 1. The average molecular weight is 552 g/mol. The fourth-order valence-corrected chi connectivity index (χ4v) is 7.75. The fourth-order valence-electron chi connectivity index (χ4n) is 7.75. The van der Waals surface area contributed by atoms with Crippen molar-refractivity contribution in [3.05, 3.63) is 157 Å². The smallest absolute Gasteiger partial charge is 0.142 e. The molecule has 5 aromatic rings. The highest BCUT2D eigenvalue weighted by Crippen LogP contribution is 2.50. The molecule has 2 saturated heterocycles. The topological polar surface area (TPSA) is 9.23 Å². The zero-order valence-corrected chi connectivity index (χ0v) is 24.9. The summed E-state index contributed by atoms with van der Waals surface area (Å²) in [5, 5.41) is 0. The number of fused-ring (bicyclic) bond motifs is 1. The normalized spacial score (nSPS) is 21.5. The van der Waals surface area contributed by atoms with E-state index in [1.165, 1.54) is 51.4 Å². The highest BCUT2D eigenvalue weighted by Gasteiger charge is 2.64. The Kier molecular flexibility index (Phi) is 8.42. The van der Waals surface area contributed by atoms with Crippen LogP contribution >= 0.6 is 0 Å². The molecule has 0 saturated carbocycles. The van der Waals surface area contributed by atoms with Crippen LogP contribution in [0, 0.1) is 0 Å². The number of benzene rings is 5. The van der Waals surface area contributed by atoms with Crippen molar-refractivity contribution in [3.8, 4) is 0 Å². The van der Waals surface area contributed by atoms with Crippen LogP contribution < -0.4 is 21.9 Å². The summed E-state index contributed by atoms with van der Waals surface area (Å²) in [6.07, 6.45) is 0.558. The van der Waals surface area contributed by atoms with Crippen LogP contribution in [0.3, 0.4) is 0 Å². The average Bonchev–Trinajstić information content (AvgIpc) is 3.64. The number of hydrogen-bond donors (Lipinski definition) is 0. The van der Waals surface area contributed by atoms with E-state index in [1.807, 2.05) is 0 Å². The maximum atomic E-state index is 5.80. The Morgan fingerprint density at radius 2 is 0.976 bits per heavy atom. The van der Waals surface area contributed by atoms with E-state index in [9.17, 15) is 0 Å². The van der Waals surface area contributed by atoms with Gasteiger partial charge in [0.1, 0.15) is 37.4 Å². The fraction of sp³-hybridized carbons (Fsp3) is 0.231. The van der Waals surface area contributed by atoms with Gasteiger partial charge >= 0.3 is 0 Å². The highest BCUT2D eigenvalue weighted by molar-refractivity contribution is 7.19. The lowest BCUT2D eigenvalue weighted by molar-refractivity contribution is -0.837. The van der Waals surface area contributed by atoms with Crippen molar-refractivity contribution < 1.29 is 9.22 Å². The Labute approximate surface area is 252 Å². The van der Waals surface area contributed by atoms with Crippen LogP contribution in [-0.4, -0.2) is 42.5 Å². The summed E-state index contributed by atoms with van der Waals surface area (Å²) in [4.78, 5) is 0. The van der Waals surface area contributed by atoms with Crippen LogP contribution in [0.4, 0.5) is 0 Å². The van der Waals surface area contributed by atoms with E-state index >= 15 is 0 Å². The second kappa shape index (κ2) is 12.5. The van der Waals surface area contributed by atoms with Gasteiger partial charge in [-0.25, -0.2) is 0 Å². The van der Waals surface area contributed by atoms with Crippen molar-refractivity contribution in [1.29, 1.82) is 0 Å². The maximum absolute atomic E-state index is 5.80. The number of nitrogens with zero attached hydrogens (tertiary/aromatic N) is 1. The van der Waals surface area contributed by atoms with Gasteiger partial charge in [-0.1, -0.05) is 152 Å². The molecular weight excluding hydrogens is 509 g/mol. The molecule has 0 bridgehead atoms. The summed E-state index contributed by atoms with van der Waals surface area (Å²) in [6.45, 7) is 7.92. The van der Waals surface area contributed by atoms with Crippen LogP contribution in [0.1, 0.15) is 31.9 Å². The molecule has 2 heterocycles. The summed E-state index contributed by atoms with van der Waals surface area (Å²) in [7, 11) is 0. The molecule has 7 rings (SSSR count). The van der Waals surface area contributed by atoms with Crippen LogP contribution in [-0.2, 0) is 4.74 Å². The maximum Gasteiger partial charge on any atom is 0.142 e. The van der Waals surface area contributed by atoms with E-state index in [-0.39, 0.29) is 0 Å². The van der Waals surface area contributed by atoms with Gasteiger partial charge in [0.15, 0.2) is 0 Å². The lowest BCUT2D eigenvalue weighted by Crippen LogP contribution is -2.74. The van der Waals surface area contributed by atoms with Crippen molar-refractivity contribution in [2.24, 2.45) is 0 Å². The first-order valence-electron chi connectivity index (χ1n) is 15.6. The van der Waals surface area contributed by atoms with Gasteiger partial charge in [-0.15, -0.1) is 0 Å². The molecule has 2 nitrogen and oxygen atoms in total. The van der Waals surface area contributed by atoms with Crippen molar-refractivity contribution in [2.45, 2.75) is 38.5 Å². The second-order valence-corrected chi connectivity index (χ2v) is 12.0. The first kappa shape index (κ1) is 28.2. The second-order valence-electron chi connectivity index (χ2n) is 12.0. The lowest BCUT2D eigenvalue weighted by Gasteiger charge is -2.44. The zero-order chi connectivity index (χ0) is 28.8. The number of ether oxygens (including phenoxy) is 1. The van der Waals surface area contributed by atoms with E-state index in [2.05, 4.69) is 166 Å². The van der Waals surface area contributed by atoms with E-state index in [1.54, 1.807) is 0 Å². The van der Waals surface area contributed by atoms with Gasteiger partial charge in [-0.2, -0.15) is 21.9 Å². The molecule has 2 fully saturated rings. The van der Waals surface area contributed by atoms with Gasteiger partial charge in [0.25, 0.3) is 0 Å². The van der Waals surface area contributed by atoms with Crippen LogP contribution in [0.5, 0.6) is 0 Å². The SMILES string of the molecule is CCO[C@@H]1C[C@@H]2C[N@+]2([C@H](C)c2ccccc2)C1.c1ccc([B-](c2ccccc2)(c2ccccc2)c2ccccc2)cc1. The number of quaternary nitrogens is 1. The molecule has 0 N–H and O–H groups in total. The predicted molar refractivity (Wildman–Crippen MR) is 179 cm³/mol. The molecule has 0 unspecified atom stereocenters. The summed E-state index contributed by atoms with van der Waals surface area (Å²) < 4.78 is 7.07. The molecular formula is C39H42BNO. The van der Waals surface area contributed by atoms with Crippen molar-refractivity contribution >= 4 is 28.0 Å². The Morgan fingerprint density at radius 3 is 1.36 bits per heavy atom. The molecule has 0 aliphatic carbocycles. The Balaban J connectivity index is 0.000000162. The van der Waals surface area contributed by atoms with E-state index in [0.717, 1.165) is 12.6 Å². The Morgan fingerprint density at radius 1 is 0.595 bits per heavy atom. The summed E-state index contributed by atoms with van der Waals surface area (Å²) in [5.41, 5.74) is 6.83. The van der Waals surface area contributed by atoms with Gasteiger partial charge in [-0.3, -0.25) is 0 Å². The van der Waals surface area contributed by atoms with Crippen molar-refractivity contribution in [2.75, 3.05) is 19.7 Å². The van der Waals surface area contributed by atoms with E-state index in [4.69, 9.17) is 4.74 Å². The molecule has 0 amide bonds. The minimum Gasteiger partial charge on any atom is -0.372 e. The Bertz CT molecular complexity index is 1370. The van der Waals surface area contributed by atoms with Crippen LogP contribution in [0.2, 0.25) is 0 Å². The molecule has 3 heteroatoms. The number of piperidine rings is 1. The number of rotatable bonds is 8. The summed E-state index contributed by atoms with van der Waals surface area (Å²) in [5.74, 6) is 0. The zero-order valence-electron chi connectivity index (χ0n) is 24.9. The van der Waals surface area contributed by atoms with Gasteiger partial charge in [0, 0.05) is 18.6 Å². The molecule has 0 spiro atoms. The molecule has 0 aromatic heterocycles. The highest BCUT2D eigenvalue weighted by atomic mass is 16.5. The third-order valence-electron chi connectivity index (χ3n) is 9.88. The first-order chi connectivity index (χ1) is 20.7. The first-order valence-corrected chi connectivity index (χ1v) is 15.6. The third kappa shape index (κ3) is 5.35. The lowest BCUT2D eigenvalue weighted by atomic mass is 9.13. The van der Waals surface area contributed by atoms with Crippen LogP contribution in [0.25, 0.3) is 0 Å².